The van der Waals surface area contributed by atoms with Gasteiger partial charge >= 0.3 is 6.09 Å². The van der Waals surface area contributed by atoms with E-state index in [-0.39, 0.29) is 12.3 Å². The van der Waals surface area contributed by atoms with Crippen molar-refractivity contribution in [2.45, 2.75) is 0 Å². The van der Waals surface area contributed by atoms with Crippen LogP contribution in [0, 0.1) is 0 Å². The van der Waals surface area contributed by atoms with Gasteiger partial charge in [0.1, 0.15) is 0 Å². The van der Waals surface area contributed by atoms with Crippen LogP contribution in [0.1, 0.15) is 0 Å². The summed E-state index contributed by atoms with van der Waals surface area (Å²) in [6.45, 7) is 0. The molecule has 0 heterocycles. The van der Waals surface area contributed by atoms with E-state index in [0.29, 0.717) is 0 Å². The largest absolute Gasteiger partial charge is 0.759 e. The minimum absolute atomic E-state index is 0. The molecule has 0 rings (SSSR count). The van der Waals surface area contributed by atoms with E-state index in [1.54, 1.807) is 0 Å². The molecule has 9 nitrogen and oxygen atoms in total. The van der Waals surface area contributed by atoms with Crippen LogP contribution >= 0.6 is 0 Å². The highest BCUT2D eigenvalue weighted by atomic mass is 32.3. The second kappa shape index (κ2) is 9.06. The summed E-state index contributed by atoms with van der Waals surface area (Å²) in [7, 11) is -5.17. The fraction of sp³-hybridized carbons (Fsp3) is 0. The van der Waals surface area contributed by atoms with Crippen LogP contribution in [-0.4, -0.2) is 28.7 Å². The van der Waals surface area contributed by atoms with Crippen LogP contribution in [0.2, 0.25) is 0 Å². The molecule has 0 bridgehead atoms. The van der Waals surface area contributed by atoms with E-state index in [1.165, 1.54) is 0 Å². The maximum absolute atomic E-state index is 8.78. The average Bonchev–Trinajstić information content (AvgIpc) is 1.19. The zero-order valence-electron chi connectivity index (χ0n) is 5.97. The lowest BCUT2D eigenvalue weighted by Gasteiger charge is -2.06. The normalized spacial score (nSPS) is 7.45. The van der Waals surface area contributed by atoms with Gasteiger partial charge in [-0.3, -0.25) is 8.42 Å². The molecule has 0 fully saturated rings. The van der Waals surface area contributed by atoms with Crippen molar-refractivity contribution in [1.82, 2.24) is 12.3 Å². The summed E-state index contributed by atoms with van der Waals surface area (Å²) in [4.78, 5) is 8.78. The third kappa shape index (κ3) is 511. The van der Waals surface area contributed by atoms with Crippen LogP contribution in [0.15, 0.2) is 0 Å². The summed E-state index contributed by atoms with van der Waals surface area (Å²) in [6.07, 6.45) is -1.33. The van der Waals surface area contributed by atoms with Gasteiger partial charge in [-0.15, -0.1) is 0 Å². The molecule has 0 aliphatic rings. The Bertz CT molecular complexity index is 160. The van der Waals surface area contributed by atoms with Crippen LogP contribution in [0.5, 0.6) is 0 Å². The van der Waals surface area contributed by atoms with Crippen LogP contribution in [0.4, 0.5) is 4.79 Å². The van der Waals surface area contributed by atoms with Crippen molar-refractivity contribution in [3.8, 4) is 0 Å². The smallest absolute Gasteiger partial charge is 0.402 e. The number of nitrogens with two attached hydrogens (primary N) is 1. The van der Waals surface area contributed by atoms with Crippen LogP contribution in [0.25, 0.3) is 0 Å². The fourth-order valence-electron chi connectivity index (χ4n) is 0. The molecule has 72 valence electrons. The number of rotatable bonds is 0. The quantitative estimate of drug-likeness (QED) is 0.280. The van der Waals surface area contributed by atoms with Gasteiger partial charge in [-0.1, -0.05) is 0 Å². The van der Waals surface area contributed by atoms with E-state index in [2.05, 4.69) is 5.73 Å². The molecular weight excluding hydrogens is 182 g/mol. The van der Waals surface area contributed by atoms with Crippen molar-refractivity contribution in [2.75, 3.05) is 0 Å². The Labute approximate surface area is 62.9 Å². The van der Waals surface area contributed by atoms with Gasteiger partial charge in [0.2, 0.25) is 0 Å². The van der Waals surface area contributed by atoms with E-state index in [9.17, 15) is 0 Å². The Morgan fingerprint density at radius 3 is 1.27 bits per heavy atom. The second-order valence-corrected chi connectivity index (χ2v) is 1.56. The molecule has 0 aliphatic carbocycles. The standard InChI is InChI=1S/CH3NO2.2H3N.H2O4S/c2-1(3)4;;;1-5(2,3)4/h2H2,(H,3,4);2*1H3;(H2,1,2,3,4). The molecule has 0 aromatic rings. The number of hydrogen-bond acceptors (Lipinski definition) is 5. The SMILES string of the molecule is NC(=O)O.O=S(=O)([O-])[O-].[NH4+].[NH4+]. The summed E-state index contributed by atoms with van der Waals surface area (Å²) in [5.74, 6) is 0. The first-order valence-electron chi connectivity index (χ1n) is 1.38. The first-order chi connectivity index (χ1) is 3.73. The Balaban J connectivity index is -0.0000000383. The zero-order valence-corrected chi connectivity index (χ0v) is 6.79. The minimum atomic E-state index is -5.17. The summed E-state index contributed by atoms with van der Waals surface area (Å²) in [5.41, 5.74) is 4.03. The lowest BCUT2D eigenvalue weighted by molar-refractivity contribution is 0.205. The number of carbonyl (C=O) groups is 1. The highest BCUT2D eigenvalue weighted by Crippen LogP contribution is 1.57. The third-order valence-corrected chi connectivity index (χ3v) is 0. The van der Waals surface area contributed by atoms with Crippen molar-refractivity contribution in [3.05, 3.63) is 0 Å². The lowest BCUT2D eigenvalue weighted by Crippen LogP contribution is -2.03. The molecule has 0 aromatic carbocycles. The van der Waals surface area contributed by atoms with Crippen molar-refractivity contribution in [1.29, 1.82) is 0 Å². The number of hydrogen-bond donors (Lipinski definition) is 4. The van der Waals surface area contributed by atoms with Gasteiger partial charge in [0.05, 0.1) is 0 Å². The van der Waals surface area contributed by atoms with E-state index in [4.69, 9.17) is 27.4 Å². The van der Waals surface area contributed by atoms with E-state index < -0.39 is 16.5 Å². The van der Waals surface area contributed by atoms with Crippen molar-refractivity contribution >= 4 is 16.5 Å². The van der Waals surface area contributed by atoms with Crippen molar-refractivity contribution in [2.24, 2.45) is 5.73 Å². The fourth-order valence-corrected chi connectivity index (χ4v) is 0. The molecule has 0 aliphatic heterocycles. The molecule has 11 N–H and O–H groups in total. The summed E-state index contributed by atoms with van der Waals surface area (Å²) in [5, 5.41) is 7.19. The van der Waals surface area contributed by atoms with Gasteiger partial charge in [-0.2, -0.15) is 0 Å². The van der Waals surface area contributed by atoms with Gasteiger partial charge < -0.3 is 32.2 Å². The Kier molecular flexibility index (Phi) is 18.5. The monoisotopic (exact) mass is 193 g/mol. The molecule has 0 saturated carbocycles. The number of primary amides is 1. The topological polar surface area (TPSA) is 217 Å². The predicted octanol–water partition coefficient (Wildman–Crippen LogP) is -0.962. The van der Waals surface area contributed by atoms with Crippen molar-refractivity contribution in [3.63, 3.8) is 0 Å². The Hall–Kier alpha value is -0.940. The summed E-state index contributed by atoms with van der Waals surface area (Å²) in [6, 6.07) is 0. The van der Waals surface area contributed by atoms with Crippen molar-refractivity contribution < 1.29 is 27.4 Å². The van der Waals surface area contributed by atoms with Gasteiger partial charge in [-0.05, 0) is 0 Å². The highest BCUT2D eigenvalue weighted by Gasteiger charge is 1.65. The number of quaternary nitrogens is 2. The first-order valence-corrected chi connectivity index (χ1v) is 2.72. The van der Waals surface area contributed by atoms with Crippen LogP contribution in [-0.2, 0) is 10.4 Å². The van der Waals surface area contributed by atoms with E-state index in [1.807, 2.05) is 0 Å². The minimum Gasteiger partial charge on any atom is -0.759 e. The van der Waals surface area contributed by atoms with E-state index >= 15 is 0 Å². The van der Waals surface area contributed by atoms with Crippen LogP contribution < -0.4 is 18.0 Å². The molecule has 0 unspecified atom stereocenters. The van der Waals surface area contributed by atoms with Gasteiger partial charge in [0, 0.05) is 10.4 Å². The first kappa shape index (κ1) is 22.5. The molecule has 10 heteroatoms. The molecule has 1 amide bonds. The molecule has 0 radical (unpaired) electrons. The highest BCUT2D eigenvalue weighted by molar-refractivity contribution is 7.79. The van der Waals surface area contributed by atoms with Gasteiger partial charge in [0.15, 0.2) is 0 Å². The number of amides is 1. The van der Waals surface area contributed by atoms with E-state index in [0.717, 1.165) is 0 Å². The Morgan fingerprint density at radius 1 is 1.27 bits per heavy atom. The molecular formula is CH11N3O6S. The lowest BCUT2D eigenvalue weighted by atomic mass is 11.3. The van der Waals surface area contributed by atoms with Crippen LogP contribution in [0.3, 0.4) is 0 Å². The molecule has 0 saturated heterocycles. The van der Waals surface area contributed by atoms with Gasteiger partial charge in [-0.25, -0.2) is 4.79 Å². The average molecular weight is 193 g/mol. The maximum Gasteiger partial charge on any atom is 0.402 e. The molecule has 0 aromatic heterocycles. The second-order valence-electron chi connectivity index (χ2n) is 0.746. The summed E-state index contributed by atoms with van der Waals surface area (Å²) < 4.78 is 34.1. The summed E-state index contributed by atoms with van der Waals surface area (Å²) >= 11 is 0. The maximum atomic E-state index is 8.78. The zero-order chi connectivity index (χ0) is 8.08. The van der Waals surface area contributed by atoms with Gasteiger partial charge in [0.25, 0.3) is 0 Å². The third-order valence-electron chi connectivity index (χ3n) is 0. The molecule has 0 atom stereocenters. The molecule has 0 spiro atoms. The Morgan fingerprint density at radius 2 is 1.27 bits per heavy atom. The number of carboxylic acid groups (broad SMARTS) is 1. The predicted molar refractivity (Wildman–Crippen MR) is 34.7 cm³/mol. The molecule has 11 heavy (non-hydrogen) atoms.